The van der Waals surface area contributed by atoms with E-state index >= 15 is 0 Å². The van der Waals surface area contributed by atoms with Gasteiger partial charge in [0, 0.05) is 45.4 Å². The number of amides is 1. The van der Waals surface area contributed by atoms with Crippen LogP contribution in [0.15, 0.2) is 0 Å². The third-order valence-corrected chi connectivity index (χ3v) is 6.69. The number of carbonyl (C=O) groups is 1. The average Bonchev–Trinajstić information content (AvgIpc) is 2.74. The number of β-amino-alcohol motifs (C(OH)–C–C–N with tert-alkyl or cyclic N) is 1. The van der Waals surface area contributed by atoms with Crippen LogP contribution in [0, 0.1) is 5.92 Å². The number of nitrogens with zero attached hydrogens (tertiary/aromatic N) is 2. The van der Waals surface area contributed by atoms with Gasteiger partial charge < -0.3 is 29.0 Å². The highest BCUT2D eigenvalue weighted by atomic mass is 16.5. The van der Waals surface area contributed by atoms with Gasteiger partial charge in [-0.2, -0.15) is 0 Å². The number of aliphatic hydroxyl groups is 1. The quantitative estimate of drug-likeness (QED) is 0.710. The molecule has 166 valence electrons. The van der Waals surface area contributed by atoms with E-state index in [0.29, 0.717) is 58.4 Å². The molecule has 8 heteroatoms. The fourth-order valence-electron chi connectivity index (χ4n) is 5.05. The van der Waals surface area contributed by atoms with Crippen molar-refractivity contribution in [2.75, 3.05) is 65.8 Å². The van der Waals surface area contributed by atoms with Gasteiger partial charge in [0.2, 0.25) is 5.91 Å². The van der Waals surface area contributed by atoms with Gasteiger partial charge >= 0.3 is 0 Å². The second kappa shape index (κ2) is 10.5. The molecule has 0 aromatic heterocycles. The summed E-state index contributed by atoms with van der Waals surface area (Å²) in [7, 11) is 0. The lowest BCUT2D eigenvalue weighted by Gasteiger charge is -2.46. The summed E-state index contributed by atoms with van der Waals surface area (Å²) in [4.78, 5) is 16.9. The highest BCUT2D eigenvalue weighted by Gasteiger charge is 2.39. The molecule has 0 saturated carbocycles. The Morgan fingerprint density at radius 2 is 1.69 bits per heavy atom. The molecule has 4 fully saturated rings. The Hall–Kier alpha value is -0.770. The van der Waals surface area contributed by atoms with E-state index in [1.54, 1.807) is 0 Å². The number of hydrogen-bond acceptors (Lipinski definition) is 7. The van der Waals surface area contributed by atoms with E-state index in [1.165, 1.54) is 0 Å². The van der Waals surface area contributed by atoms with E-state index in [9.17, 15) is 9.90 Å². The number of morpholine rings is 1. The number of rotatable bonds is 4. The Morgan fingerprint density at radius 1 is 0.931 bits per heavy atom. The fourth-order valence-corrected chi connectivity index (χ4v) is 5.05. The molecule has 0 radical (unpaired) electrons. The maximum atomic E-state index is 12.6. The summed E-state index contributed by atoms with van der Waals surface area (Å²) >= 11 is 0. The molecular weight excluding hydrogens is 376 g/mol. The van der Waals surface area contributed by atoms with E-state index in [1.807, 2.05) is 4.90 Å². The Kier molecular flexibility index (Phi) is 7.77. The second-order valence-corrected chi connectivity index (χ2v) is 8.84. The van der Waals surface area contributed by atoms with Gasteiger partial charge in [-0.1, -0.05) is 0 Å². The van der Waals surface area contributed by atoms with Gasteiger partial charge in [-0.05, 0) is 31.6 Å². The van der Waals surface area contributed by atoms with Crippen molar-refractivity contribution in [1.29, 1.82) is 0 Å². The fraction of sp³-hybridized carbons (Fsp3) is 0.952. The minimum absolute atomic E-state index is 0.0430. The molecule has 1 N–H and O–H groups in total. The molecule has 4 aliphatic heterocycles. The van der Waals surface area contributed by atoms with Gasteiger partial charge in [0.1, 0.15) is 0 Å². The molecular formula is C21H36N2O6. The van der Waals surface area contributed by atoms with Crippen LogP contribution in [-0.4, -0.2) is 111 Å². The number of fused-ring (bicyclic) bond motifs is 1. The highest BCUT2D eigenvalue weighted by molar-refractivity contribution is 5.76. The van der Waals surface area contributed by atoms with E-state index < -0.39 is 6.10 Å². The van der Waals surface area contributed by atoms with Crippen LogP contribution in [0.2, 0.25) is 0 Å². The summed E-state index contributed by atoms with van der Waals surface area (Å²) in [5, 5.41) is 10.3. The summed E-state index contributed by atoms with van der Waals surface area (Å²) in [6.45, 7) is 6.69. The van der Waals surface area contributed by atoms with E-state index in [2.05, 4.69) is 4.90 Å². The van der Waals surface area contributed by atoms with Crippen LogP contribution in [0.4, 0.5) is 0 Å². The zero-order valence-electron chi connectivity index (χ0n) is 17.4. The van der Waals surface area contributed by atoms with Crippen molar-refractivity contribution in [3.63, 3.8) is 0 Å². The molecule has 4 saturated heterocycles. The third-order valence-electron chi connectivity index (χ3n) is 6.69. The molecule has 0 spiro atoms. The maximum Gasteiger partial charge on any atom is 0.225 e. The largest absolute Gasteiger partial charge is 0.389 e. The van der Waals surface area contributed by atoms with Gasteiger partial charge in [-0.15, -0.1) is 0 Å². The van der Waals surface area contributed by atoms with Crippen LogP contribution in [0.5, 0.6) is 0 Å². The summed E-state index contributed by atoms with van der Waals surface area (Å²) in [5.74, 6) is 0.774. The van der Waals surface area contributed by atoms with Crippen LogP contribution >= 0.6 is 0 Å². The lowest BCUT2D eigenvalue weighted by molar-refractivity contribution is -0.163. The highest BCUT2D eigenvalue weighted by Crippen LogP contribution is 2.29. The van der Waals surface area contributed by atoms with Gasteiger partial charge in [-0.3, -0.25) is 9.69 Å². The molecule has 0 aliphatic carbocycles. The summed E-state index contributed by atoms with van der Waals surface area (Å²) in [5.41, 5.74) is 0. The molecule has 0 bridgehead atoms. The molecule has 4 rings (SSSR count). The summed E-state index contributed by atoms with van der Waals surface area (Å²) in [6.07, 6.45) is 3.89. The SMILES string of the molecule is O=C(C[C@H]1CC[C@H]2[C@@H](COC[C@@H](O)CN2CC2CCOCC2)O1)N1CCOCC1. The monoisotopic (exact) mass is 412 g/mol. The van der Waals surface area contributed by atoms with Crippen molar-refractivity contribution in [2.24, 2.45) is 5.92 Å². The topological polar surface area (TPSA) is 80.7 Å². The molecule has 0 aromatic carbocycles. The zero-order chi connectivity index (χ0) is 20.1. The summed E-state index contributed by atoms with van der Waals surface area (Å²) < 4.78 is 23.0. The first-order valence-electron chi connectivity index (χ1n) is 11.3. The number of carbonyl (C=O) groups excluding carboxylic acids is 1. The Balaban J connectivity index is 1.35. The molecule has 29 heavy (non-hydrogen) atoms. The van der Waals surface area contributed by atoms with Crippen molar-refractivity contribution in [1.82, 2.24) is 9.80 Å². The first-order chi connectivity index (χ1) is 14.2. The van der Waals surface area contributed by atoms with Crippen molar-refractivity contribution in [3.05, 3.63) is 0 Å². The Morgan fingerprint density at radius 3 is 2.48 bits per heavy atom. The van der Waals surface area contributed by atoms with Crippen molar-refractivity contribution in [2.45, 2.75) is 56.5 Å². The van der Waals surface area contributed by atoms with Crippen molar-refractivity contribution < 1.29 is 28.8 Å². The summed E-state index contributed by atoms with van der Waals surface area (Å²) in [6, 6.07) is 0.238. The standard InChI is InChI=1S/C21H36N2O6/c24-17-13-23(12-16-3-7-26-8-4-16)19-2-1-18(29-20(19)15-28-14-17)11-21(25)22-5-9-27-10-6-22/h16-20,24H,1-15H2/t17-,18+,19-,20+/m0/s1. The number of ether oxygens (including phenoxy) is 4. The first-order valence-corrected chi connectivity index (χ1v) is 11.3. The lowest BCUT2D eigenvalue weighted by Crippen LogP contribution is -2.57. The van der Waals surface area contributed by atoms with Crippen molar-refractivity contribution in [3.8, 4) is 0 Å². The Bertz CT molecular complexity index is 523. The molecule has 4 atom stereocenters. The van der Waals surface area contributed by atoms with Crippen LogP contribution in [-0.2, 0) is 23.7 Å². The van der Waals surface area contributed by atoms with Crippen molar-refractivity contribution >= 4 is 5.91 Å². The van der Waals surface area contributed by atoms with E-state index in [-0.39, 0.29) is 24.2 Å². The van der Waals surface area contributed by atoms with Crippen LogP contribution in [0.25, 0.3) is 0 Å². The number of aliphatic hydroxyl groups excluding tert-OH is 1. The Labute approximate surface area is 173 Å². The average molecular weight is 413 g/mol. The predicted molar refractivity (Wildman–Crippen MR) is 106 cm³/mol. The zero-order valence-corrected chi connectivity index (χ0v) is 17.4. The predicted octanol–water partition coefficient (Wildman–Crippen LogP) is 0.271. The maximum absolute atomic E-state index is 12.6. The van der Waals surface area contributed by atoms with Gasteiger partial charge in [0.25, 0.3) is 0 Å². The van der Waals surface area contributed by atoms with Crippen LogP contribution in [0.3, 0.4) is 0 Å². The molecule has 4 aliphatic rings. The molecule has 0 unspecified atom stereocenters. The minimum atomic E-state index is -0.462. The van der Waals surface area contributed by atoms with E-state index in [0.717, 1.165) is 45.4 Å². The van der Waals surface area contributed by atoms with Gasteiger partial charge in [0.15, 0.2) is 0 Å². The minimum Gasteiger partial charge on any atom is -0.389 e. The number of hydrogen-bond donors (Lipinski definition) is 1. The molecule has 4 heterocycles. The normalized spacial score (nSPS) is 35.6. The van der Waals surface area contributed by atoms with Crippen LogP contribution < -0.4 is 0 Å². The smallest absolute Gasteiger partial charge is 0.225 e. The van der Waals surface area contributed by atoms with Gasteiger partial charge in [-0.25, -0.2) is 0 Å². The van der Waals surface area contributed by atoms with Gasteiger partial charge in [0.05, 0.1) is 51.2 Å². The lowest BCUT2D eigenvalue weighted by atomic mass is 9.92. The second-order valence-electron chi connectivity index (χ2n) is 8.84. The third kappa shape index (κ3) is 5.89. The molecule has 1 amide bonds. The molecule has 8 nitrogen and oxygen atoms in total. The van der Waals surface area contributed by atoms with Crippen LogP contribution in [0.1, 0.15) is 32.1 Å². The van der Waals surface area contributed by atoms with E-state index in [4.69, 9.17) is 18.9 Å². The molecule has 0 aromatic rings. The first kappa shape index (κ1) is 21.5.